The molecule has 0 spiro atoms. The molecule has 108 valence electrons. The molecular formula is C13H20Cl3N3. The van der Waals surface area contributed by atoms with Crippen molar-refractivity contribution in [2.45, 2.75) is 18.9 Å². The lowest BCUT2D eigenvalue weighted by molar-refractivity contribution is 0.156. The second-order valence-electron chi connectivity index (χ2n) is 4.98. The second-order valence-corrected chi connectivity index (χ2v) is 5.37. The third kappa shape index (κ3) is 4.20. The Kier molecular flexibility index (Phi) is 6.84. The quantitative estimate of drug-likeness (QED) is 0.867. The summed E-state index contributed by atoms with van der Waals surface area (Å²) >= 11 is 5.86. The fraction of sp³-hybridized carbons (Fsp3) is 0.615. The summed E-state index contributed by atoms with van der Waals surface area (Å²) in [7, 11) is 0. The van der Waals surface area contributed by atoms with Crippen molar-refractivity contribution in [1.82, 2.24) is 15.2 Å². The first-order valence-electron chi connectivity index (χ1n) is 6.41. The maximum absolute atomic E-state index is 5.86. The average Bonchev–Trinajstić information content (AvgIpc) is 3.18. The Bertz CT molecular complexity index is 375. The van der Waals surface area contributed by atoms with Crippen molar-refractivity contribution < 1.29 is 0 Å². The highest BCUT2D eigenvalue weighted by Crippen LogP contribution is 2.44. The minimum atomic E-state index is 0. The molecule has 1 aromatic heterocycles. The Morgan fingerprint density at radius 2 is 1.89 bits per heavy atom. The van der Waals surface area contributed by atoms with Crippen molar-refractivity contribution in [3.05, 3.63) is 29.0 Å². The molecule has 0 amide bonds. The van der Waals surface area contributed by atoms with E-state index in [4.69, 9.17) is 11.6 Å². The van der Waals surface area contributed by atoms with Gasteiger partial charge in [-0.05, 0) is 30.4 Å². The number of hydrogen-bond donors (Lipinski definition) is 1. The third-order valence-corrected chi connectivity index (χ3v) is 3.93. The van der Waals surface area contributed by atoms with Gasteiger partial charge in [0.2, 0.25) is 0 Å². The summed E-state index contributed by atoms with van der Waals surface area (Å²) in [4.78, 5) is 6.82. The van der Waals surface area contributed by atoms with Crippen LogP contribution in [0.1, 0.15) is 24.4 Å². The molecule has 1 saturated heterocycles. The summed E-state index contributed by atoms with van der Waals surface area (Å²) in [6.45, 7) is 4.49. The molecule has 19 heavy (non-hydrogen) atoms. The van der Waals surface area contributed by atoms with E-state index in [0.717, 1.165) is 32.1 Å². The van der Waals surface area contributed by atoms with Gasteiger partial charge in [-0.15, -0.1) is 24.8 Å². The zero-order valence-corrected chi connectivity index (χ0v) is 13.1. The molecule has 0 aromatic carbocycles. The summed E-state index contributed by atoms with van der Waals surface area (Å²) in [6.07, 6.45) is 4.67. The van der Waals surface area contributed by atoms with Gasteiger partial charge in [0.15, 0.2) is 0 Å². The fourth-order valence-corrected chi connectivity index (χ4v) is 2.83. The van der Waals surface area contributed by atoms with Crippen molar-refractivity contribution in [2.75, 3.05) is 26.2 Å². The van der Waals surface area contributed by atoms with Crippen molar-refractivity contribution in [2.24, 2.45) is 5.92 Å². The largest absolute Gasteiger partial charge is 0.314 e. The Morgan fingerprint density at radius 3 is 2.42 bits per heavy atom. The minimum Gasteiger partial charge on any atom is -0.314 e. The topological polar surface area (TPSA) is 28.2 Å². The molecule has 0 bridgehead atoms. The van der Waals surface area contributed by atoms with Crippen LogP contribution in [0.15, 0.2) is 18.3 Å². The zero-order valence-electron chi connectivity index (χ0n) is 10.7. The summed E-state index contributed by atoms with van der Waals surface area (Å²) in [6, 6.07) is 4.61. The van der Waals surface area contributed by atoms with Crippen molar-refractivity contribution in [1.29, 1.82) is 0 Å². The van der Waals surface area contributed by atoms with Gasteiger partial charge < -0.3 is 5.32 Å². The molecule has 1 saturated carbocycles. The number of nitrogens with one attached hydrogen (secondary N) is 1. The Balaban J connectivity index is 0.000000902. The molecule has 1 aromatic rings. The van der Waals surface area contributed by atoms with Crippen LogP contribution in [-0.4, -0.2) is 36.1 Å². The van der Waals surface area contributed by atoms with Crippen LogP contribution >= 0.6 is 36.4 Å². The number of pyridine rings is 1. The molecule has 0 radical (unpaired) electrons. The first-order valence-corrected chi connectivity index (χ1v) is 6.78. The fourth-order valence-electron chi connectivity index (χ4n) is 2.72. The molecule has 2 aliphatic rings. The van der Waals surface area contributed by atoms with E-state index in [1.54, 1.807) is 0 Å². The van der Waals surface area contributed by atoms with E-state index < -0.39 is 0 Å². The highest BCUT2D eigenvalue weighted by molar-refractivity contribution is 6.29. The van der Waals surface area contributed by atoms with Crippen LogP contribution in [0.4, 0.5) is 0 Å². The normalized spacial score (nSPS) is 21.1. The first-order chi connectivity index (χ1) is 8.34. The number of hydrogen-bond acceptors (Lipinski definition) is 3. The number of nitrogens with zero attached hydrogens (tertiary/aromatic N) is 2. The van der Waals surface area contributed by atoms with Crippen LogP contribution in [0, 0.1) is 5.92 Å². The SMILES string of the molecule is Cl.Cl.Clc1ccc([C@@H](C2CC2)N2CCNCC2)cn1. The predicted molar refractivity (Wildman–Crippen MR) is 83.7 cm³/mol. The maximum Gasteiger partial charge on any atom is 0.129 e. The standard InChI is InChI=1S/C13H18ClN3.2ClH/c14-12-4-3-11(9-16-12)13(10-1-2-10)17-7-5-15-6-8-17;;/h3-4,9-10,13,15H,1-2,5-8H2;2*1H/t13-;;/m1../s1. The number of piperazine rings is 1. The lowest BCUT2D eigenvalue weighted by atomic mass is 10.0. The van der Waals surface area contributed by atoms with Crippen LogP contribution in [0.5, 0.6) is 0 Å². The van der Waals surface area contributed by atoms with Gasteiger partial charge in [0.25, 0.3) is 0 Å². The van der Waals surface area contributed by atoms with Crippen LogP contribution in [0.25, 0.3) is 0 Å². The van der Waals surface area contributed by atoms with Gasteiger partial charge in [-0.2, -0.15) is 0 Å². The number of aromatic nitrogens is 1. The maximum atomic E-state index is 5.86. The van der Waals surface area contributed by atoms with Gasteiger partial charge >= 0.3 is 0 Å². The van der Waals surface area contributed by atoms with Gasteiger partial charge in [-0.3, -0.25) is 4.90 Å². The monoisotopic (exact) mass is 323 g/mol. The minimum absolute atomic E-state index is 0. The molecule has 0 unspecified atom stereocenters. The van der Waals surface area contributed by atoms with Crippen molar-refractivity contribution in [3.8, 4) is 0 Å². The van der Waals surface area contributed by atoms with E-state index in [0.29, 0.717) is 11.2 Å². The molecule has 6 heteroatoms. The summed E-state index contributed by atoms with van der Waals surface area (Å²) < 4.78 is 0. The summed E-state index contributed by atoms with van der Waals surface area (Å²) in [5, 5.41) is 4.00. The molecule has 1 N–H and O–H groups in total. The third-order valence-electron chi connectivity index (χ3n) is 3.71. The van der Waals surface area contributed by atoms with Crippen molar-refractivity contribution in [3.63, 3.8) is 0 Å². The molecule has 2 fully saturated rings. The molecular weight excluding hydrogens is 305 g/mol. The smallest absolute Gasteiger partial charge is 0.129 e. The lowest BCUT2D eigenvalue weighted by Crippen LogP contribution is -2.45. The van der Waals surface area contributed by atoms with Gasteiger partial charge in [0.1, 0.15) is 5.15 Å². The van der Waals surface area contributed by atoms with E-state index in [2.05, 4.69) is 21.3 Å². The molecule has 1 aliphatic heterocycles. The molecule has 1 atom stereocenters. The highest BCUT2D eigenvalue weighted by Gasteiger charge is 2.36. The van der Waals surface area contributed by atoms with Gasteiger partial charge in [-0.1, -0.05) is 17.7 Å². The van der Waals surface area contributed by atoms with Crippen LogP contribution in [0.2, 0.25) is 5.15 Å². The van der Waals surface area contributed by atoms with E-state index in [9.17, 15) is 0 Å². The lowest BCUT2D eigenvalue weighted by Gasteiger charge is -2.35. The average molecular weight is 325 g/mol. The highest BCUT2D eigenvalue weighted by atomic mass is 35.5. The summed E-state index contributed by atoms with van der Waals surface area (Å²) in [5.74, 6) is 0.830. The second kappa shape index (κ2) is 7.65. The first kappa shape index (κ1) is 17.0. The van der Waals surface area contributed by atoms with Crippen LogP contribution in [-0.2, 0) is 0 Å². The summed E-state index contributed by atoms with van der Waals surface area (Å²) in [5.41, 5.74) is 1.33. The molecule has 3 rings (SSSR count). The molecule has 3 nitrogen and oxygen atoms in total. The van der Waals surface area contributed by atoms with E-state index in [1.807, 2.05) is 12.3 Å². The van der Waals surface area contributed by atoms with Crippen molar-refractivity contribution >= 4 is 36.4 Å². The number of rotatable bonds is 3. The van der Waals surface area contributed by atoms with Gasteiger partial charge in [0, 0.05) is 38.4 Å². The molecule has 1 aliphatic carbocycles. The molecule has 2 heterocycles. The predicted octanol–water partition coefficient (Wildman–Crippen LogP) is 2.93. The Hall–Kier alpha value is -0.0600. The number of halogens is 3. The van der Waals surface area contributed by atoms with E-state index in [-0.39, 0.29) is 24.8 Å². The van der Waals surface area contributed by atoms with E-state index >= 15 is 0 Å². The van der Waals surface area contributed by atoms with Crippen LogP contribution in [0.3, 0.4) is 0 Å². The Morgan fingerprint density at radius 1 is 1.21 bits per heavy atom. The van der Waals surface area contributed by atoms with Gasteiger partial charge in [0.05, 0.1) is 0 Å². The Labute approximate surface area is 131 Å². The van der Waals surface area contributed by atoms with E-state index in [1.165, 1.54) is 18.4 Å². The zero-order chi connectivity index (χ0) is 11.7. The van der Waals surface area contributed by atoms with Gasteiger partial charge in [-0.25, -0.2) is 4.98 Å². The van der Waals surface area contributed by atoms with Crippen LogP contribution < -0.4 is 5.32 Å².